The largest absolute Gasteiger partial charge is 0.493 e. The van der Waals surface area contributed by atoms with Crippen molar-refractivity contribution in [1.29, 1.82) is 0 Å². The molecule has 0 spiro atoms. The average Bonchev–Trinajstić information content (AvgIpc) is 2.48. The van der Waals surface area contributed by atoms with Gasteiger partial charge in [-0.1, -0.05) is 12.1 Å². The van der Waals surface area contributed by atoms with E-state index >= 15 is 0 Å². The maximum absolute atomic E-state index is 12.9. The zero-order valence-electron chi connectivity index (χ0n) is 11.6. The number of amides is 1. The molecule has 110 valence electrons. The Bertz CT molecular complexity index is 575. The number of hydrogen-bond donors (Lipinski definition) is 1. The molecule has 4 nitrogen and oxygen atoms in total. The van der Waals surface area contributed by atoms with Crippen molar-refractivity contribution in [3.8, 4) is 5.75 Å². The van der Waals surface area contributed by atoms with E-state index in [-0.39, 0.29) is 24.8 Å². The molecular formula is C16H17FN2O2. The fourth-order valence-electron chi connectivity index (χ4n) is 1.78. The lowest BCUT2D eigenvalue weighted by atomic mass is 10.2. The number of benzene rings is 1. The highest BCUT2D eigenvalue weighted by Crippen LogP contribution is 2.11. The highest BCUT2D eigenvalue weighted by molar-refractivity contribution is 5.75. The third-order valence-corrected chi connectivity index (χ3v) is 2.82. The topological polar surface area (TPSA) is 51.2 Å². The summed E-state index contributed by atoms with van der Waals surface area (Å²) in [5, 5.41) is 2.80. The molecule has 0 aliphatic heterocycles. The summed E-state index contributed by atoms with van der Waals surface area (Å²) < 4.78 is 18.2. The van der Waals surface area contributed by atoms with Crippen LogP contribution >= 0.6 is 0 Å². The second kappa shape index (κ2) is 7.99. The zero-order valence-corrected chi connectivity index (χ0v) is 11.6. The van der Waals surface area contributed by atoms with Gasteiger partial charge in [-0.05, 0) is 24.3 Å². The number of aromatic nitrogens is 1. The Balaban J connectivity index is 1.61. The lowest BCUT2D eigenvalue weighted by Gasteiger charge is -2.07. The number of pyridine rings is 1. The molecule has 0 unspecified atom stereocenters. The second-order valence-electron chi connectivity index (χ2n) is 4.48. The van der Waals surface area contributed by atoms with Crippen LogP contribution in [0.3, 0.4) is 0 Å². The smallest absolute Gasteiger partial charge is 0.223 e. The Labute approximate surface area is 123 Å². The fraction of sp³-hybridized carbons (Fsp3) is 0.250. The SMILES string of the molecule is O=C(CCOc1cccc(F)c1)NCCc1ccccn1. The highest BCUT2D eigenvalue weighted by Gasteiger charge is 2.02. The van der Waals surface area contributed by atoms with Crippen LogP contribution in [0.5, 0.6) is 5.75 Å². The maximum Gasteiger partial charge on any atom is 0.223 e. The molecule has 1 aromatic heterocycles. The Morgan fingerprint density at radius 2 is 2.14 bits per heavy atom. The Hall–Kier alpha value is -2.43. The van der Waals surface area contributed by atoms with Gasteiger partial charge in [-0.25, -0.2) is 4.39 Å². The lowest BCUT2D eigenvalue weighted by Crippen LogP contribution is -2.27. The van der Waals surface area contributed by atoms with Gasteiger partial charge >= 0.3 is 0 Å². The van der Waals surface area contributed by atoms with Crippen molar-refractivity contribution >= 4 is 5.91 Å². The molecule has 1 amide bonds. The highest BCUT2D eigenvalue weighted by atomic mass is 19.1. The van der Waals surface area contributed by atoms with Gasteiger partial charge in [-0.2, -0.15) is 0 Å². The van der Waals surface area contributed by atoms with Crippen LogP contribution in [0.15, 0.2) is 48.7 Å². The minimum absolute atomic E-state index is 0.0951. The van der Waals surface area contributed by atoms with E-state index in [0.29, 0.717) is 18.7 Å². The van der Waals surface area contributed by atoms with Gasteiger partial charge in [0.25, 0.3) is 0 Å². The number of halogens is 1. The van der Waals surface area contributed by atoms with Crippen LogP contribution in [-0.2, 0) is 11.2 Å². The molecule has 5 heteroatoms. The summed E-state index contributed by atoms with van der Waals surface area (Å²) in [5.41, 5.74) is 0.939. The van der Waals surface area contributed by atoms with Crippen LogP contribution in [0.2, 0.25) is 0 Å². The van der Waals surface area contributed by atoms with Crippen molar-refractivity contribution in [2.75, 3.05) is 13.2 Å². The van der Waals surface area contributed by atoms with Crippen molar-refractivity contribution in [1.82, 2.24) is 10.3 Å². The molecule has 0 radical (unpaired) electrons. The monoisotopic (exact) mass is 288 g/mol. The molecule has 1 N–H and O–H groups in total. The summed E-state index contributed by atoms with van der Waals surface area (Å²) in [5.74, 6) is -0.0223. The first-order valence-electron chi connectivity index (χ1n) is 6.79. The molecule has 0 saturated carbocycles. The van der Waals surface area contributed by atoms with Crippen LogP contribution in [0.1, 0.15) is 12.1 Å². The van der Waals surface area contributed by atoms with Crippen LogP contribution in [0, 0.1) is 5.82 Å². The van der Waals surface area contributed by atoms with E-state index in [4.69, 9.17) is 4.74 Å². The van der Waals surface area contributed by atoms with Crippen molar-refractivity contribution in [2.45, 2.75) is 12.8 Å². The van der Waals surface area contributed by atoms with E-state index in [9.17, 15) is 9.18 Å². The predicted octanol–water partition coefficient (Wildman–Crippen LogP) is 2.35. The van der Waals surface area contributed by atoms with Gasteiger partial charge < -0.3 is 10.1 Å². The standard InChI is InChI=1S/C16H17FN2O2/c17-13-4-3-6-15(12-13)21-11-8-16(20)19-10-7-14-5-1-2-9-18-14/h1-6,9,12H,7-8,10-11H2,(H,19,20). The van der Waals surface area contributed by atoms with Gasteiger partial charge in [0.2, 0.25) is 5.91 Å². The molecule has 2 rings (SSSR count). The summed E-state index contributed by atoms with van der Waals surface area (Å²) in [6, 6.07) is 11.5. The predicted molar refractivity (Wildman–Crippen MR) is 77.5 cm³/mol. The molecule has 0 bridgehead atoms. The van der Waals surface area contributed by atoms with E-state index in [1.165, 1.54) is 12.1 Å². The molecule has 0 aliphatic carbocycles. The number of ether oxygens (including phenoxy) is 1. The van der Waals surface area contributed by atoms with E-state index < -0.39 is 0 Å². The Kier molecular flexibility index (Phi) is 5.70. The van der Waals surface area contributed by atoms with Gasteiger partial charge in [-0.3, -0.25) is 9.78 Å². The molecule has 21 heavy (non-hydrogen) atoms. The van der Waals surface area contributed by atoms with Crippen molar-refractivity contribution in [3.63, 3.8) is 0 Å². The number of hydrogen-bond acceptors (Lipinski definition) is 3. The van der Waals surface area contributed by atoms with Crippen molar-refractivity contribution < 1.29 is 13.9 Å². The third-order valence-electron chi connectivity index (χ3n) is 2.82. The molecule has 0 atom stereocenters. The lowest BCUT2D eigenvalue weighted by molar-refractivity contribution is -0.121. The minimum atomic E-state index is -0.354. The average molecular weight is 288 g/mol. The quantitative estimate of drug-likeness (QED) is 0.851. The minimum Gasteiger partial charge on any atom is -0.493 e. The summed E-state index contributed by atoms with van der Waals surface area (Å²) >= 11 is 0. The number of nitrogens with one attached hydrogen (secondary N) is 1. The number of nitrogens with zero attached hydrogens (tertiary/aromatic N) is 1. The summed E-state index contributed by atoms with van der Waals surface area (Å²) in [4.78, 5) is 15.8. The summed E-state index contributed by atoms with van der Waals surface area (Å²) in [6.45, 7) is 0.759. The van der Waals surface area contributed by atoms with E-state index in [2.05, 4.69) is 10.3 Å². The first kappa shape index (κ1) is 15.0. The molecule has 1 aromatic carbocycles. The number of rotatable bonds is 7. The van der Waals surface area contributed by atoms with Gasteiger partial charge in [-0.15, -0.1) is 0 Å². The van der Waals surface area contributed by atoms with Crippen LogP contribution in [0.4, 0.5) is 4.39 Å². The zero-order chi connectivity index (χ0) is 14.9. The molecular weight excluding hydrogens is 271 g/mol. The molecule has 0 aliphatic rings. The Morgan fingerprint density at radius 3 is 2.90 bits per heavy atom. The van der Waals surface area contributed by atoms with Gasteiger partial charge in [0.05, 0.1) is 13.0 Å². The normalized spacial score (nSPS) is 10.1. The van der Waals surface area contributed by atoms with Crippen LogP contribution in [-0.4, -0.2) is 24.0 Å². The van der Waals surface area contributed by atoms with E-state index in [1.54, 1.807) is 18.3 Å². The van der Waals surface area contributed by atoms with E-state index in [0.717, 1.165) is 5.69 Å². The van der Waals surface area contributed by atoms with E-state index in [1.807, 2.05) is 18.2 Å². The third kappa shape index (κ3) is 5.60. The summed E-state index contributed by atoms with van der Waals surface area (Å²) in [7, 11) is 0. The maximum atomic E-state index is 12.9. The number of carbonyl (C=O) groups is 1. The van der Waals surface area contributed by atoms with Crippen LogP contribution < -0.4 is 10.1 Å². The number of carbonyl (C=O) groups excluding carboxylic acids is 1. The molecule has 0 saturated heterocycles. The molecule has 0 fully saturated rings. The fourth-order valence-corrected chi connectivity index (χ4v) is 1.78. The first-order chi connectivity index (χ1) is 10.2. The van der Waals surface area contributed by atoms with Crippen molar-refractivity contribution in [3.05, 3.63) is 60.2 Å². The van der Waals surface area contributed by atoms with Gasteiger partial charge in [0, 0.05) is 30.9 Å². The first-order valence-corrected chi connectivity index (χ1v) is 6.79. The summed E-state index contributed by atoms with van der Waals surface area (Å²) in [6.07, 6.45) is 2.65. The molecule has 1 heterocycles. The van der Waals surface area contributed by atoms with Gasteiger partial charge in [0.1, 0.15) is 11.6 Å². The Morgan fingerprint density at radius 1 is 1.24 bits per heavy atom. The molecule has 2 aromatic rings. The van der Waals surface area contributed by atoms with Crippen molar-refractivity contribution in [2.24, 2.45) is 0 Å². The van der Waals surface area contributed by atoms with Gasteiger partial charge in [0.15, 0.2) is 0 Å². The van der Waals surface area contributed by atoms with Crippen LogP contribution in [0.25, 0.3) is 0 Å². The second-order valence-corrected chi connectivity index (χ2v) is 4.48.